The lowest BCUT2D eigenvalue weighted by molar-refractivity contribution is -0.132. The van der Waals surface area contributed by atoms with E-state index in [1.807, 2.05) is 25.1 Å². The van der Waals surface area contributed by atoms with Gasteiger partial charge in [-0.05, 0) is 48.9 Å². The zero-order chi connectivity index (χ0) is 23.9. The van der Waals surface area contributed by atoms with Crippen LogP contribution in [0.1, 0.15) is 22.7 Å². The third kappa shape index (κ3) is 4.32. The molecule has 8 heteroatoms. The zero-order valence-corrected chi connectivity index (χ0v) is 19.9. The van der Waals surface area contributed by atoms with E-state index in [-0.39, 0.29) is 16.9 Å². The maximum Gasteiger partial charge on any atom is 0.300 e. The van der Waals surface area contributed by atoms with Crippen LogP contribution in [0.15, 0.2) is 66.2 Å². The number of aryl methyl sites for hydroxylation is 1. The van der Waals surface area contributed by atoms with Crippen LogP contribution in [0.3, 0.4) is 0 Å². The van der Waals surface area contributed by atoms with Crippen LogP contribution < -0.4 is 9.64 Å². The molecular formula is C25H18Cl3NO4. The summed E-state index contributed by atoms with van der Waals surface area (Å²) in [5, 5.41) is 12.2. The Balaban J connectivity index is 1.98. The Morgan fingerprint density at radius 1 is 0.970 bits per heavy atom. The van der Waals surface area contributed by atoms with Crippen LogP contribution in [0.25, 0.3) is 5.76 Å². The molecule has 1 saturated heterocycles. The number of halogens is 3. The molecule has 1 aliphatic heterocycles. The van der Waals surface area contributed by atoms with Gasteiger partial charge in [0, 0.05) is 21.3 Å². The van der Waals surface area contributed by atoms with E-state index >= 15 is 0 Å². The highest BCUT2D eigenvalue weighted by atomic mass is 35.5. The molecule has 1 heterocycles. The Kier molecular flexibility index (Phi) is 6.39. The second-order valence-electron chi connectivity index (χ2n) is 7.56. The zero-order valence-electron chi connectivity index (χ0n) is 17.6. The van der Waals surface area contributed by atoms with Gasteiger partial charge in [-0.15, -0.1) is 0 Å². The highest BCUT2D eigenvalue weighted by Gasteiger charge is 2.47. The third-order valence-corrected chi connectivity index (χ3v) is 6.10. The molecule has 0 aromatic heterocycles. The first-order valence-electron chi connectivity index (χ1n) is 9.89. The molecule has 4 rings (SSSR count). The Bertz CT molecular complexity index is 1300. The van der Waals surface area contributed by atoms with Gasteiger partial charge in [0.25, 0.3) is 11.7 Å². The van der Waals surface area contributed by atoms with Crippen LogP contribution in [0.4, 0.5) is 5.69 Å². The molecule has 168 valence electrons. The third-order valence-electron chi connectivity index (χ3n) is 5.35. The van der Waals surface area contributed by atoms with Gasteiger partial charge in [0.05, 0.1) is 23.7 Å². The van der Waals surface area contributed by atoms with Crippen molar-refractivity contribution in [3.05, 3.63) is 98.0 Å². The van der Waals surface area contributed by atoms with E-state index < -0.39 is 17.7 Å². The normalized spacial score (nSPS) is 17.5. The number of rotatable bonds is 4. The van der Waals surface area contributed by atoms with Crippen molar-refractivity contribution >= 4 is 57.9 Å². The van der Waals surface area contributed by atoms with Crippen LogP contribution >= 0.6 is 34.8 Å². The molecule has 0 bridgehead atoms. The molecular weight excluding hydrogens is 485 g/mol. The summed E-state index contributed by atoms with van der Waals surface area (Å²) in [5.41, 5.74) is 2.14. The molecule has 1 fully saturated rings. The van der Waals surface area contributed by atoms with E-state index in [1.165, 1.54) is 24.1 Å². The number of ether oxygens (including phenoxy) is 1. The molecule has 3 aromatic carbocycles. The Morgan fingerprint density at radius 2 is 1.67 bits per heavy atom. The van der Waals surface area contributed by atoms with E-state index in [9.17, 15) is 14.7 Å². The van der Waals surface area contributed by atoms with Gasteiger partial charge in [0.15, 0.2) is 0 Å². The molecule has 1 amide bonds. The van der Waals surface area contributed by atoms with Crippen molar-refractivity contribution in [3.8, 4) is 5.75 Å². The smallest absolute Gasteiger partial charge is 0.300 e. The summed E-state index contributed by atoms with van der Waals surface area (Å²) >= 11 is 18.5. The SMILES string of the molecule is COc1cc(/C(O)=C2\C(=O)C(=O)N(c3cc(Cl)cc(Cl)c3)C2c2cccc(C)c2)ccc1Cl. The van der Waals surface area contributed by atoms with Gasteiger partial charge in [0.2, 0.25) is 0 Å². The van der Waals surface area contributed by atoms with E-state index in [0.717, 1.165) is 5.56 Å². The average Bonchev–Trinajstić information content (AvgIpc) is 3.03. The number of hydrogen-bond donors (Lipinski definition) is 1. The second-order valence-corrected chi connectivity index (χ2v) is 8.84. The molecule has 1 N–H and O–H groups in total. The molecule has 0 saturated carbocycles. The van der Waals surface area contributed by atoms with E-state index in [4.69, 9.17) is 39.5 Å². The molecule has 0 radical (unpaired) electrons. The van der Waals surface area contributed by atoms with Crippen molar-refractivity contribution in [1.82, 2.24) is 0 Å². The lowest BCUT2D eigenvalue weighted by Gasteiger charge is -2.26. The van der Waals surface area contributed by atoms with Crippen molar-refractivity contribution in [2.75, 3.05) is 12.0 Å². The molecule has 3 aromatic rings. The van der Waals surface area contributed by atoms with Crippen LogP contribution in [-0.4, -0.2) is 23.9 Å². The van der Waals surface area contributed by atoms with Gasteiger partial charge in [-0.3, -0.25) is 14.5 Å². The number of hydrogen-bond acceptors (Lipinski definition) is 4. The summed E-state index contributed by atoms with van der Waals surface area (Å²) < 4.78 is 5.23. The summed E-state index contributed by atoms with van der Waals surface area (Å²) in [6, 6.07) is 15.7. The predicted molar refractivity (Wildman–Crippen MR) is 130 cm³/mol. The number of methoxy groups -OCH3 is 1. The molecule has 1 atom stereocenters. The number of carbonyl (C=O) groups excluding carboxylic acids is 2. The largest absolute Gasteiger partial charge is 0.507 e. The lowest BCUT2D eigenvalue weighted by Crippen LogP contribution is -2.29. The van der Waals surface area contributed by atoms with Crippen molar-refractivity contribution in [3.63, 3.8) is 0 Å². The van der Waals surface area contributed by atoms with E-state index in [0.29, 0.717) is 32.1 Å². The van der Waals surface area contributed by atoms with Crippen molar-refractivity contribution < 1.29 is 19.4 Å². The van der Waals surface area contributed by atoms with Gasteiger partial charge in [0.1, 0.15) is 11.5 Å². The fourth-order valence-electron chi connectivity index (χ4n) is 3.90. The van der Waals surface area contributed by atoms with Crippen LogP contribution in [0.5, 0.6) is 5.75 Å². The number of aliphatic hydroxyl groups is 1. The average molecular weight is 503 g/mol. The number of carbonyl (C=O) groups is 2. The maximum absolute atomic E-state index is 13.2. The van der Waals surface area contributed by atoms with Crippen molar-refractivity contribution in [2.24, 2.45) is 0 Å². The topological polar surface area (TPSA) is 66.8 Å². The first-order chi connectivity index (χ1) is 15.7. The monoisotopic (exact) mass is 501 g/mol. The first kappa shape index (κ1) is 23.2. The number of anilines is 1. The quantitative estimate of drug-likeness (QED) is 0.248. The second kappa shape index (κ2) is 9.10. The molecule has 0 spiro atoms. The van der Waals surface area contributed by atoms with Crippen molar-refractivity contribution in [1.29, 1.82) is 0 Å². The highest BCUT2D eigenvalue weighted by Crippen LogP contribution is 2.44. The van der Waals surface area contributed by atoms with Gasteiger partial charge in [-0.2, -0.15) is 0 Å². The number of aliphatic hydroxyl groups excluding tert-OH is 1. The number of ketones is 1. The maximum atomic E-state index is 13.2. The summed E-state index contributed by atoms with van der Waals surface area (Å²) in [6.45, 7) is 1.90. The van der Waals surface area contributed by atoms with Gasteiger partial charge >= 0.3 is 0 Å². The summed E-state index contributed by atoms with van der Waals surface area (Å²) in [5.74, 6) is -1.65. The summed E-state index contributed by atoms with van der Waals surface area (Å²) in [6.07, 6.45) is 0. The predicted octanol–water partition coefficient (Wildman–Crippen LogP) is 6.59. The minimum Gasteiger partial charge on any atom is -0.507 e. The molecule has 0 aliphatic carbocycles. The summed E-state index contributed by atoms with van der Waals surface area (Å²) in [4.78, 5) is 27.8. The van der Waals surface area contributed by atoms with Crippen LogP contribution in [0.2, 0.25) is 15.1 Å². The highest BCUT2D eigenvalue weighted by molar-refractivity contribution is 6.52. The van der Waals surface area contributed by atoms with Crippen molar-refractivity contribution in [2.45, 2.75) is 13.0 Å². The number of Topliss-reactive ketones (excluding diaryl/α,β-unsaturated/α-hetero) is 1. The van der Waals surface area contributed by atoms with Crippen LogP contribution in [-0.2, 0) is 9.59 Å². The Hall–Kier alpha value is -2.99. The molecule has 1 unspecified atom stereocenters. The number of benzene rings is 3. The Labute approximate surface area is 205 Å². The van der Waals surface area contributed by atoms with E-state index in [2.05, 4.69) is 0 Å². The van der Waals surface area contributed by atoms with Crippen LogP contribution in [0, 0.1) is 6.92 Å². The first-order valence-corrected chi connectivity index (χ1v) is 11.0. The fourth-order valence-corrected chi connectivity index (χ4v) is 4.60. The minimum absolute atomic E-state index is 0.0638. The van der Waals surface area contributed by atoms with Gasteiger partial charge < -0.3 is 9.84 Å². The minimum atomic E-state index is -0.902. The number of nitrogens with zero attached hydrogens (tertiary/aromatic N) is 1. The fraction of sp³-hybridized carbons (Fsp3) is 0.120. The molecule has 33 heavy (non-hydrogen) atoms. The lowest BCUT2D eigenvalue weighted by atomic mass is 9.94. The summed E-state index contributed by atoms with van der Waals surface area (Å²) in [7, 11) is 1.44. The number of amides is 1. The van der Waals surface area contributed by atoms with Gasteiger partial charge in [-0.25, -0.2) is 0 Å². The molecule has 1 aliphatic rings. The van der Waals surface area contributed by atoms with Gasteiger partial charge in [-0.1, -0.05) is 64.6 Å². The van der Waals surface area contributed by atoms with E-state index in [1.54, 1.807) is 30.3 Å². The Morgan fingerprint density at radius 3 is 2.30 bits per heavy atom. The molecule has 5 nitrogen and oxygen atoms in total. The standard InChI is InChI=1S/C25H18Cl3NO4/c1-13-4-3-5-14(8-13)22-21(23(30)15-6-7-19(28)20(9-15)33-2)24(31)25(32)29(22)18-11-16(26)10-17(27)12-18/h3-12,22,30H,1-2H3/b23-21+.